The van der Waals surface area contributed by atoms with Crippen molar-refractivity contribution in [1.29, 1.82) is 0 Å². The van der Waals surface area contributed by atoms with Crippen LogP contribution in [0.2, 0.25) is 0 Å². The molecule has 0 heterocycles. The van der Waals surface area contributed by atoms with E-state index in [1.165, 1.54) is 18.2 Å². The van der Waals surface area contributed by atoms with Crippen LogP contribution in [0.4, 0.5) is 26.3 Å². The number of alkyl halides is 6. The first-order valence-corrected chi connectivity index (χ1v) is 5.74. The molecule has 0 saturated heterocycles. The number of halogens is 6. The molecule has 6 heteroatoms. The van der Waals surface area contributed by atoms with E-state index < -0.39 is 29.2 Å². The van der Waals surface area contributed by atoms with Crippen molar-refractivity contribution in [3.8, 4) is 0 Å². The fraction of sp³-hybridized carbons (Fsp3) is 0.286. The third kappa shape index (κ3) is 2.23. The molecule has 0 fully saturated rings. The summed E-state index contributed by atoms with van der Waals surface area (Å²) >= 11 is 0. The quantitative estimate of drug-likeness (QED) is 0.653. The Hall–Kier alpha value is -1.72. The van der Waals surface area contributed by atoms with Crippen molar-refractivity contribution in [2.24, 2.45) is 5.92 Å². The fourth-order valence-corrected chi connectivity index (χ4v) is 2.43. The van der Waals surface area contributed by atoms with Crippen LogP contribution >= 0.6 is 0 Å². The highest BCUT2D eigenvalue weighted by molar-refractivity contribution is 5.40. The minimum Gasteiger partial charge on any atom is -0.170 e. The minimum absolute atomic E-state index is 0.421. The molecule has 0 nitrogen and oxygen atoms in total. The summed E-state index contributed by atoms with van der Waals surface area (Å²) in [5.74, 6) is -2.64. The first kappa shape index (κ1) is 14.7. The van der Waals surface area contributed by atoms with E-state index in [2.05, 4.69) is 0 Å². The van der Waals surface area contributed by atoms with E-state index in [0.717, 1.165) is 24.3 Å². The molecule has 1 aromatic carbocycles. The number of benzene rings is 1. The molecule has 1 aliphatic carbocycles. The van der Waals surface area contributed by atoms with Gasteiger partial charge in [0.2, 0.25) is 0 Å². The van der Waals surface area contributed by atoms with Crippen LogP contribution in [0.25, 0.3) is 0 Å². The van der Waals surface area contributed by atoms with Crippen LogP contribution in [-0.4, -0.2) is 12.4 Å². The van der Waals surface area contributed by atoms with Gasteiger partial charge in [0.25, 0.3) is 0 Å². The zero-order valence-electron chi connectivity index (χ0n) is 10.0. The van der Waals surface area contributed by atoms with Gasteiger partial charge in [-0.05, 0) is 5.56 Å². The number of hydrogen-bond acceptors (Lipinski definition) is 0. The van der Waals surface area contributed by atoms with Gasteiger partial charge >= 0.3 is 12.4 Å². The van der Waals surface area contributed by atoms with E-state index in [1.54, 1.807) is 0 Å². The predicted molar refractivity (Wildman–Crippen MR) is 62.0 cm³/mol. The SMILES string of the molecule is FC(F)(F)C1C=CC=CC1(c1ccccc1)C(F)(F)F. The first-order valence-electron chi connectivity index (χ1n) is 5.74. The summed E-state index contributed by atoms with van der Waals surface area (Å²) < 4.78 is 79.6. The molecule has 0 spiro atoms. The van der Waals surface area contributed by atoms with Crippen molar-refractivity contribution in [2.45, 2.75) is 17.8 Å². The minimum atomic E-state index is -5.06. The molecule has 0 amide bonds. The smallest absolute Gasteiger partial charge is 0.170 e. The van der Waals surface area contributed by atoms with Crippen LogP contribution in [0.3, 0.4) is 0 Å². The van der Waals surface area contributed by atoms with E-state index in [1.807, 2.05) is 0 Å². The Morgan fingerprint density at radius 2 is 1.45 bits per heavy atom. The molecule has 0 aliphatic heterocycles. The zero-order valence-corrected chi connectivity index (χ0v) is 10.0. The van der Waals surface area contributed by atoms with Gasteiger partial charge in [-0.3, -0.25) is 0 Å². The van der Waals surface area contributed by atoms with Gasteiger partial charge in [-0.25, -0.2) is 0 Å². The summed E-state index contributed by atoms with van der Waals surface area (Å²) in [6.45, 7) is 0. The molecule has 0 saturated carbocycles. The summed E-state index contributed by atoms with van der Waals surface area (Å²) in [6, 6.07) is 6.18. The van der Waals surface area contributed by atoms with Crippen LogP contribution in [0, 0.1) is 5.92 Å². The van der Waals surface area contributed by atoms with Crippen LogP contribution in [0.5, 0.6) is 0 Å². The maximum Gasteiger partial charge on any atom is 0.402 e. The summed E-state index contributed by atoms with van der Waals surface area (Å²) in [5, 5.41) is 0. The van der Waals surface area contributed by atoms with Crippen LogP contribution in [0.1, 0.15) is 5.56 Å². The Labute approximate surface area is 111 Å². The van der Waals surface area contributed by atoms with Crippen molar-refractivity contribution in [3.05, 3.63) is 60.2 Å². The highest BCUT2D eigenvalue weighted by atomic mass is 19.4. The molecule has 2 rings (SSSR count). The van der Waals surface area contributed by atoms with Crippen molar-refractivity contribution >= 4 is 0 Å². The lowest BCUT2D eigenvalue weighted by atomic mass is 9.67. The lowest BCUT2D eigenvalue weighted by molar-refractivity contribution is -0.244. The van der Waals surface area contributed by atoms with Gasteiger partial charge in [0.05, 0.1) is 5.92 Å². The standard InChI is InChI=1S/C14H10F6/c15-13(16,17)11-8-4-5-9-12(11,14(18,19)20)10-6-2-1-3-7-10/h1-9,11H. The van der Waals surface area contributed by atoms with Gasteiger partial charge in [0, 0.05) is 0 Å². The molecule has 1 aromatic rings. The zero-order chi connectivity index (χ0) is 15.0. The molecular weight excluding hydrogens is 282 g/mol. The van der Waals surface area contributed by atoms with Gasteiger partial charge in [0.15, 0.2) is 0 Å². The molecule has 1 aliphatic rings. The molecule has 0 N–H and O–H groups in total. The molecular formula is C14H10F6. The summed E-state index contributed by atoms with van der Waals surface area (Å²) in [5.41, 5.74) is -3.50. The summed E-state index contributed by atoms with van der Waals surface area (Å²) in [6.07, 6.45) is -6.92. The first-order chi connectivity index (χ1) is 9.19. The molecule has 0 aromatic heterocycles. The van der Waals surface area contributed by atoms with E-state index in [-0.39, 0.29) is 0 Å². The lowest BCUT2D eigenvalue weighted by Crippen LogP contribution is -2.52. The van der Waals surface area contributed by atoms with Gasteiger partial charge in [-0.2, -0.15) is 26.3 Å². The monoisotopic (exact) mass is 292 g/mol. The van der Waals surface area contributed by atoms with E-state index in [9.17, 15) is 26.3 Å². The second kappa shape index (κ2) is 4.68. The van der Waals surface area contributed by atoms with Crippen LogP contribution < -0.4 is 0 Å². The Morgan fingerprint density at radius 1 is 0.850 bits per heavy atom. The average molecular weight is 292 g/mol. The Balaban J connectivity index is 2.70. The van der Waals surface area contributed by atoms with E-state index in [0.29, 0.717) is 12.2 Å². The predicted octanol–water partition coefficient (Wildman–Crippen LogP) is 4.79. The van der Waals surface area contributed by atoms with E-state index in [4.69, 9.17) is 0 Å². The Bertz CT molecular complexity index is 523. The van der Waals surface area contributed by atoms with Crippen molar-refractivity contribution < 1.29 is 26.3 Å². The fourth-order valence-electron chi connectivity index (χ4n) is 2.43. The molecule has 0 radical (unpaired) electrons. The Morgan fingerprint density at radius 3 is 1.95 bits per heavy atom. The molecule has 108 valence electrons. The van der Waals surface area contributed by atoms with Crippen molar-refractivity contribution in [2.75, 3.05) is 0 Å². The second-order valence-corrected chi connectivity index (χ2v) is 4.50. The number of allylic oxidation sites excluding steroid dienone is 4. The number of hydrogen-bond donors (Lipinski definition) is 0. The van der Waals surface area contributed by atoms with Gasteiger partial charge in [0.1, 0.15) is 5.41 Å². The Kier molecular flexibility index (Phi) is 3.44. The maximum absolute atomic E-state index is 13.5. The lowest BCUT2D eigenvalue weighted by Gasteiger charge is -2.41. The summed E-state index contributed by atoms with van der Waals surface area (Å²) in [4.78, 5) is 0. The van der Waals surface area contributed by atoms with Gasteiger partial charge in [-0.15, -0.1) is 0 Å². The van der Waals surface area contributed by atoms with Crippen LogP contribution in [0.15, 0.2) is 54.6 Å². The normalized spacial score (nSPS) is 26.8. The average Bonchev–Trinajstić information content (AvgIpc) is 2.37. The van der Waals surface area contributed by atoms with Crippen LogP contribution in [-0.2, 0) is 5.41 Å². The molecule has 0 bridgehead atoms. The van der Waals surface area contributed by atoms with Gasteiger partial charge < -0.3 is 0 Å². The largest absolute Gasteiger partial charge is 0.402 e. The second-order valence-electron chi connectivity index (χ2n) is 4.50. The number of rotatable bonds is 1. The van der Waals surface area contributed by atoms with E-state index >= 15 is 0 Å². The molecule has 2 atom stereocenters. The van der Waals surface area contributed by atoms with Crippen molar-refractivity contribution in [1.82, 2.24) is 0 Å². The topological polar surface area (TPSA) is 0 Å². The van der Waals surface area contributed by atoms with Crippen molar-refractivity contribution in [3.63, 3.8) is 0 Å². The maximum atomic E-state index is 13.5. The molecule has 2 unspecified atom stereocenters. The third-order valence-electron chi connectivity index (χ3n) is 3.34. The third-order valence-corrected chi connectivity index (χ3v) is 3.34. The highest BCUT2D eigenvalue weighted by Gasteiger charge is 2.65. The summed E-state index contributed by atoms with van der Waals surface area (Å²) in [7, 11) is 0. The van der Waals surface area contributed by atoms with Gasteiger partial charge in [-0.1, -0.05) is 54.6 Å². The highest BCUT2D eigenvalue weighted by Crippen LogP contribution is 2.54. The molecule has 20 heavy (non-hydrogen) atoms.